The van der Waals surface area contributed by atoms with Gasteiger partial charge in [0.15, 0.2) is 0 Å². The standard InChI is InChI=1S/C23H21FN4O2/c24-14-5-7-17-18(10-14)22(29)28-19-3-1-2-12(20(17)19)8-16(11-25)27-23(30)21-13-4-6-15(9-13)26-21/h1-3,5,7,10,13,15-16,21,26H,4,6,8-9H2,(H,27,30)(H,28,29). The molecular formula is C23H21FN4O2. The number of nitrogens with zero attached hydrogens (tertiary/aromatic N) is 1. The lowest BCUT2D eigenvalue weighted by atomic mass is 9.96. The average Bonchev–Trinajstić information content (AvgIpc) is 3.37. The summed E-state index contributed by atoms with van der Waals surface area (Å²) in [5, 5.41) is 17.6. The first-order valence-electron chi connectivity index (χ1n) is 10.2. The van der Waals surface area contributed by atoms with Crippen molar-refractivity contribution >= 4 is 27.6 Å². The van der Waals surface area contributed by atoms with E-state index in [0.717, 1.165) is 30.2 Å². The number of benzene rings is 2. The fourth-order valence-corrected chi connectivity index (χ4v) is 5.07. The highest BCUT2D eigenvalue weighted by Crippen LogP contribution is 2.35. The van der Waals surface area contributed by atoms with Crippen LogP contribution >= 0.6 is 0 Å². The zero-order chi connectivity index (χ0) is 20.8. The number of rotatable bonds is 4. The number of nitrogens with one attached hydrogen (secondary N) is 3. The van der Waals surface area contributed by atoms with Gasteiger partial charge >= 0.3 is 0 Å². The molecule has 2 heterocycles. The van der Waals surface area contributed by atoms with E-state index in [-0.39, 0.29) is 22.9 Å². The van der Waals surface area contributed by atoms with Gasteiger partial charge < -0.3 is 15.6 Å². The minimum Gasteiger partial charge on any atom is -0.339 e. The summed E-state index contributed by atoms with van der Waals surface area (Å²) in [6, 6.07) is 11.2. The van der Waals surface area contributed by atoms with Gasteiger partial charge in [-0.25, -0.2) is 4.39 Å². The molecule has 152 valence electrons. The van der Waals surface area contributed by atoms with Crippen LogP contribution in [0.25, 0.3) is 21.7 Å². The van der Waals surface area contributed by atoms with Gasteiger partial charge in [-0.3, -0.25) is 9.59 Å². The van der Waals surface area contributed by atoms with Crippen LogP contribution in [0.5, 0.6) is 0 Å². The van der Waals surface area contributed by atoms with Crippen LogP contribution in [-0.4, -0.2) is 29.0 Å². The molecule has 1 saturated carbocycles. The quantitative estimate of drug-likeness (QED) is 0.582. The van der Waals surface area contributed by atoms with Gasteiger partial charge in [-0.2, -0.15) is 5.26 Å². The molecule has 6 nitrogen and oxygen atoms in total. The van der Waals surface area contributed by atoms with Gasteiger partial charge in [0.1, 0.15) is 11.9 Å². The molecule has 4 unspecified atom stereocenters. The van der Waals surface area contributed by atoms with Crippen molar-refractivity contribution in [2.24, 2.45) is 5.92 Å². The van der Waals surface area contributed by atoms with Gasteiger partial charge in [-0.05, 0) is 54.3 Å². The van der Waals surface area contributed by atoms with E-state index in [2.05, 4.69) is 21.7 Å². The van der Waals surface area contributed by atoms with Gasteiger partial charge in [-0.15, -0.1) is 0 Å². The number of fused-ring (bicyclic) bond motifs is 5. The molecule has 7 heteroatoms. The molecule has 1 saturated heterocycles. The van der Waals surface area contributed by atoms with E-state index in [1.165, 1.54) is 12.1 Å². The van der Waals surface area contributed by atoms with Gasteiger partial charge in [0.2, 0.25) is 5.91 Å². The number of carbonyl (C=O) groups excluding carboxylic acids is 1. The Hall–Kier alpha value is -3.24. The van der Waals surface area contributed by atoms with E-state index in [1.807, 2.05) is 6.07 Å². The number of pyridine rings is 1. The maximum absolute atomic E-state index is 13.7. The summed E-state index contributed by atoms with van der Waals surface area (Å²) in [6.45, 7) is 0. The minimum atomic E-state index is -0.702. The normalized spacial score (nSPS) is 23.5. The predicted octanol–water partition coefficient (Wildman–Crippen LogP) is 2.51. The van der Waals surface area contributed by atoms with Crippen LogP contribution in [0.4, 0.5) is 4.39 Å². The summed E-state index contributed by atoms with van der Waals surface area (Å²) in [5.41, 5.74) is 1.07. The van der Waals surface area contributed by atoms with E-state index >= 15 is 0 Å². The number of nitriles is 1. The number of aromatic amines is 1. The highest BCUT2D eigenvalue weighted by Gasteiger charge is 2.43. The van der Waals surface area contributed by atoms with E-state index in [9.17, 15) is 19.2 Å². The molecule has 3 aromatic rings. The van der Waals surface area contributed by atoms with Crippen molar-refractivity contribution in [1.82, 2.24) is 15.6 Å². The molecule has 1 amide bonds. The summed E-state index contributed by atoms with van der Waals surface area (Å²) in [7, 11) is 0. The molecule has 4 atom stereocenters. The lowest BCUT2D eigenvalue weighted by Crippen LogP contribution is -2.50. The predicted molar refractivity (Wildman–Crippen MR) is 111 cm³/mol. The number of piperidine rings is 1. The molecule has 2 aromatic carbocycles. The van der Waals surface area contributed by atoms with Crippen molar-refractivity contribution < 1.29 is 9.18 Å². The molecule has 1 aromatic heterocycles. The Balaban J connectivity index is 1.47. The second kappa shape index (κ2) is 7.22. The summed E-state index contributed by atoms with van der Waals surface area (Å²) in [5.74, 6) is -0.268. The topological polar surface area (TPSA) is 97.8 Å². The van der Waals surface area contributed by atoms with Gasteiger partial charge in [0, 0.05) is 23.4 Å². The summed E-state index contributed by atoms with van der Waals surface area (Å²) in [4.78, 5) is 27.9. The van der Waals surface area contributed by atoms with Gasteiger partial charge in [0.25, 0.3) is 5.56 Å². The number of H-pyrrole nitrogens is 1. The van der Waals surface area contributed by atoms with Crippen molar-refractivity contribution in [1.29, 1.82) is 5.26 Å². The third-order valence-electron chi connectivity index (χ3n) is 6.43. The van der Waals surface area contributed by atoms with Gasteiger partial charge in [0.05, 0.1) is 17.5 Å². The molecule has 2 bridgehead atoms. The van der Waals surface area contributed by atoms with Crippen LogP contribution in [0.2, 0.25) is 0 Å². The van der Waals surface area contributed by atoms with E-state index in [0.29, 0.717) is 29.3 Å². The zero-order valence-electron chi connectivity index (χ0n) is 16.2. The largest absolute Gasteiger partial charge is 0.339 e. The van der Waals surface area contributed by atoms with Crippen LogP contribution in [-0.2, 0) is 11.2 Å². The Morgan fingerprint density at radius 3 is 2.87 bits per heavy atom. The maximum atomic E-state index is 13.7. The van der Waals surface area contributed by atoms with Gasteiger partial charge in [-0.1, -0.05) is 18.2 Å². The average molecular weight is 404 g/mol. The monoisotopic (exact) mass is 404 g/mol. The fraction of sp³-hybridized carbons (Fsp3) is 0.348. The Morgan fingerprint density at radius 2 is 2.13 bits per heavy atom. The van der Waals surface area contributed by atoms with Crippen molar-refractivity contribution in [2.45, 2.75) is 43.8 Å². The summed E-state index contributed by atoms with van der Waals surface area (Å²) >= 11 is 0. The summed E-state index contributed by atoms with van der Waals surface area (Å²) < 4.78 is 13.7. The SMILES string of the molecule is N#CC(Cc1cccc2[nH]c(=O)c3cc(F)ccc3c12)NC(=O)C1NC2CCC1C2. The van der Waals surface area contributed by atoms with E-state index < -0.39 is 11.9 Å². The van der Waals surface area contributed by atoms with Crippen molar-refractivity contribution in [3.63, 3.8) is 0 Å². The van der Waals surface area contributed by atoms with Crippen molar-refractivity contribution in [3.8, 4) is 6.07 Å². The van der Waals surface area contributed by atoms with E-state index in [4.69, 9.17) is 0 Å². The molecule has 0 radical (unpaired) electrons. The Labute approximate surface area is 172 Å². The molecular weight excluding hydrogens is 383 g/mol. The lowest BCUT2D eigenvalue weighted by molar-refractivity contribution is -0.124. The zero-order valence-corrected chi connectivity index (χ0v) is 16.2. The Morgan fingerprint density at radius 1 is 1.27 bits per heavy atom. The second-order valence-electron chi connectivity index (χ2n) is 8.29. The Kier molecular flexibility index (Phi) is 4.52. The van der Waals surface area contributed by atoms with Crippen LogP contribution in [0, 0.1) is 23.1 Å². The maximum Gasteiger partial charge on any atom is 0.256 e. The number of carbonyl (C=O) groups is 1. The number of halogens is 1. The molecule has 1 aliphatic heterocycles. The smallest absolute Gasteiger partial charge is 0.256 e. The molecule has 2 aliphatic rings. The lowest BCUT2D eigenvalue weighted by Gasteiger charge is -2.24. The highest BCUT2D eigenvalue weighted by atomic mass is 19.1. The first kappa shape index (κ1) is 18.8. The van der Waals surface area contributed by atoms with Crippen molar-refractivity contribution in [2.75, 3.05) is 0 Å². The first-order chi connectivity index (χ1) is 14.5. The second-order valence-corrected chi connectivity index (χ2v) is 8.29. The van der Waals surface area contributed by atoms with Crippen LogP contribution < -0.4 is 16.2 Å². The Bertz CT molecular complexity index is 1260. The number of aromatic nitrogens is 1. The van der Waals surface area contributed by atoms with Crippen LogP contribution in [0.1, 0.15) is 24.8 Å². The molecule has 2 fully saturated rings. The number of hydrogen-bond acceptors (Lipinski definition) is 4. The molecule has 5 rings (SSSR count). The van der Waals surface area contributed by atoms with Crippen LogP contribution in [0.3, 0.4) is 0 Å². The van der Waals surface area contributed by atoms with Crippen molar-refractivity contribution in [3.05, 3.63) is 58.1 Å². The third-order valence-corrected chi connectivity index (χ3v) is 6.43. The highest BCUT2D eigenvalue weighted by molar-refractivity contribution is 6.07. The molecule has 1 aliphatic carbocycles. The van der Waals surface area contributed by atoms with E-state index in [1.54, 1.807) is 18.2 Å². The fourth-order valence-electron chi connectivity index (χ4n) is 5.07. The minimum absolute atomic E-state index is 0.130. The number of hydrogen-bond donors (Lipinski definition) is 3. The van der Waals surface area contributed by atoms with Crippen LogP contribution in [0.15, 0.2) is 41.2 Å². The molecule has 3 N–H and O–H groups in total. The third kappa shape index (κ3) is 3.14. The summed E-state index contributed by atoms with van der Waals surface area (Å²) in [6.07, 6.45) is 3.47. The first-order valence-corrected chi connectivity index (χ1v) is 10.2. The molecule has 30 heavy (non-hydrogen) atoms. The number of amides is 1. The molecule has 0 spiro atoms.